The van der Waals surface area contributed by atoms with Crippen molar-refractivity contribution in [3.63, 3.8) is 0 Å². The molecular formula is C26H30ClN3O2S. The van der Waals surface area contributed by atoms with Gasteiger partial charge in [0.05, 0.1) is 28.8 Å². The molecule has 33 heavy (non-hydrogen) atoms. The Kier molecular flexibility index (Phi) is 8.10. The minimum absolute atomic E-state index is 0.112. The molecular weight excluding hydrogens is 454 g/mol. The Morgan fingerprint density at radius 2 is 1.85 bits per heavy atom. The Bertz CT molecular complexity index is 1030. The molecule has 2 aliphatic rings. The Hall–Kier alpha value is -2.31. The van der Waals surface area contributed by atoms with Crippen LogP contribution in [0.15, 0.2) is 58.5 Å². The second-order valence-electron chi connectivity index (χ2n) is 8.46. The van der Waals surface area contributed by atoms with E-state index in [0.717, 1.165) is 67.2 Å². The summed E-state index contributed by atoms with van der Waals surface area (Å²) >= 11 is 7.62. The van der Waals surface area contributed by atoms with Crippen LogP contribution in [0.1, 0.15) is 57.4 Å². The number of unbranched alkanes of at least 4 members (excludes halogenated alkanes) is 1. The zero-order valence-electron chi connectivity index (χ0n) is 19.0. The number of anilines is 1. The maximum absolute atomic E-state index is 12.6. The molecule has 1 saturated carbocycles. The van der Waals surface area contributed by atoms with Crippen LogP contribution in [0.2, 0.25) is 5.02 Å². The van der Waals surface area contributed by atoms with Crippen molar-refractivity contribution < 1.29 is 9.53 Å². The van der Waals surface area contributed by atoms with Gasteiger partial charge in [0.15, 0.2) is 5.66 Å². The van der Waals surface area contributed by atoms with E-state index in [1.54, 1.807) is 12.1 Å². The summed E-state index contributed by atoms with van der Waals surface area (Å²) in [5.41, 5.74) is 2.14. The average molecular weight is 484 g/mol. The van der Waals surface area contributed by atoms with E-state index < -0.39 is 0 Å². The summed E-state index contributed by atoms with van der Waals surface area (Å²) < 4.78 is 5.81. The van der Waals surface area contributed by atoms with Gasteiger partial charge in [0.2, 0.25) is 5.91 Å². The van der Waals surface area contributed by atoms with Crippen LogP contribution < -0.4 is 10.1 Å². The Labute approximate surface area is 205 Å². The van der Waals surface area contributed by atoms with Gasteiger partial charge >= 0.3 is 0 Å². The van der Waals surface area contributed by atoms with Crippen LogP contribution in [-0.4, -0.2) is 34.7 Å². The Morgan fingerprint density at radius 3 is 2.58 bits per heavy atom. The fourth-order valence-electron chi connectivity index (χ4n) is 4.08. The van der Waals surface area contributed by atoms with Crippen LogP contribution in [0.4, 0.5) is 5.69 Å². The van der Waals surface area contributed by atoms with Gasteiger partial charge in [-0.2, -0.15) is 0 Å². The van der Waals surface area contributed by atoms with Gasteiger partial charge in [0.25, 0.3) is 0 Å². The first-order valence-corrected chi connectivity index (χ1v) is 13.1. The predicted octanol–water partition coefficient (Wildman–Crippen LogP) is 6.75. The van der Waals surface area contributed by atoms with Crippen molar-refractivity contribution in [2.45, 2.75) is 57.5 Å². The van der Waals surface area contributed by atoms with Crippen LogP contribution >= 0.6 is 23.4 Å². The summed E-state index contributed by atoms with van der Waals surface area (Å²) in [6.45, 7) is 2.88. The number of aliphatic imine (C=N–C) groups is 2. The van der Waals surface area contributed by atoms with Gasteiger partial charge in [-0.25, -0.2) is 4.99 Å². The maximum Gasteiger partial charge on any atom is 0.234 e. The van der Waals surface area contributed by atoms with Gasteiger partial charge in [0.1, 0.15) is 10.8 Å². The van der Waals surface area contributed by atoms with Gasteiger partial charge in [-0.05, 0) is 68.5 Å². The summed E-state index contributed by atoms with van der Waals surface area (Å²) in [5, 5.41) is 4.25. The summed E-state index contributed by atoms with van der Waals surface area (Å²) in [6.07, 6.45) is 7.58. The minimum Gasteiger partial charge on any atom is -0.494 e. The van der Waals surface area contributed by atoms with Crippen molar-refractivity contribution in [3.8, 4) is 5.75 Å². The lowest BCUT2D eigenvalue weighted by molar-refractivity contribution is -0.113. The molecule has 1 aliphatic carbocycles. The van der Waals surface area contributed by atoms with E-state index in [2.05, 4.69) is 12.2 Å². The SMILES string of the molecule is CCCCOc1ccc(C2=NC3(CCCCC3)N=C2SCC(=O)Nc2ccccc2Cl)cc1. The summed E-state index contributed by atoms with van der Waals surface area (Å²) in [6, 6.07) is 15.3. The number of carbonyl (C=O) groups excluding carboxylic acids is 1. The van der Waals surface area contributed by atoms with Crippen molar-refractivity contribution in [1.82, 2.24) is 0 Å². The first kappa shape index (κ1) is 23.8. The Balaban J connectivity index is 1.47. The molecule has 1 heterocycles. The first-order valence-electron chi connectivity index (χ1n) is 11.7. The van der Waals surface area contributed by atoms with Crippen molar-refractivity contribution in [2.24, 2.45) is 9.98 Å². The van der Waals surface area contributed by atoms with E-state index in [-0.39, 0.29) is 17.3 Å². The lowest BCUT2D eigenvalue weighted by atomic mass is 9.90. The van der Waals surface area contributed by atoms with Gasteiger partial charge in [0, 0.05) is 5.56 Å². The number of ether oxygens (including phenoxy) is 1. The van der Waals surface area contributed by atoms with Crippen molar-refractivity contribution in [2.75, 3.05) is 17.7 Å². The Morgan fingerprint density at radius 1 is 1.09 bits per heavy atom. The summed E-state index contributed by atoms with van der Waals surface area (Å²) in [7, 11) is 0. The molecule has 174 valence electrons. The van der Waals surface area contributed by atoms with E-state index >= 15 is 0 Å². The van der Waals surface area contributed by atoms with Gasteiger partial charge < -0.3 is 10.1 Å². The molecule has 4 rings (SSSR count). The largest absolute Gasteiger partial charge is 0.494 e. The average Bonchev–Trinajstić information content (AvgIpc) is 3.18. The van der Waals surface area contributed by atoms with Gasteiger partial charge in [-0.3, -0.25) is 9.79 Å². The standard InChI is InChI=1S/C26H30ClN3O2S/c1-2-3-17-32-20-13-11-19(12-14-20)24-25(30-26(29-24)15-7-4-8-16-26)33-18-23(31)28-22-10-6-5-9-21(22)27/h5-6,9-14H,2-4,7-8,15-18H2,1H3,(H,28,31). The number of carbonyl (C=O) groups is 1. The monoisotopic (exact) mass is 483 g/mol. The lowest BCUT2D eigenvalue weighted by Crippen LogP contribution is -2.25. The van der Waals surface area contributed by atoms with E-state index in [4.69, 9.17) is 26.3 Å². The highest BCUT2D eigenvalue weighted by Crippen LogP contribution is 2.39. The third-order valence-corrected chi connectivity index (χ3v) is 7.16. The second-order valence-corrected chi connectivity index (χ2v) is 9.83. The number of benzene rings is 2. The van der Waals surface area contributed by atoms with Crippen LogP contribution in [0, 0.1) is 0 Å². The van der Waals surface area contributed by atoms with Gasteiger partial charge in [-0.15, -0.1) is 0 Å². The van der Waals surface area contributed by atoms with Crippen LogP contribution in [-0.2, 0) is 4.79 Å². The molecule has 1 fully saturated rings. The molecule has 2 aromatic rings. The number of rotatable bonds is 8. The van der Waals surface area contributed by atoms with Crippen LogP contribution in [0.5, 0.6) is 5.75 Å². The quantitative estimate of drug-likeness (QED) is 0.422. The third-order valence-electron chi connectivity index (χ3n) is 5.87. The number of hydrogen-bond donors (Lipinski definition) is 1. The number of thioether (sulfide) groups is 1. The van der Waals surface area contributed by atoms with Crippen molar-refractivity contribution >= 4 is 45.7 Å². The van der Waals surface area contributed by atoms with Crippen molar-refractivity contribution in [3.05, 3.63) is 59.1 Å². The summed E-state index contributed by atoms with van der Waals surface area (Å²) in [4.78, 5) is 22.8. The van der Waals surface area contributed by atoms with Crippen LogP contribution in [0.3, 0.4) is 0 Å². The third kappa shape index (κ3) is 6.18. The van der Waals surface area contributed by atoms with E-state index in [1.165, 1.54) is 18.2 Å². The number of amides is 1. The first-order chi connectivity index (χ1) is 16.1. The predicted molar refractivity (Wildman–Crippen MR) is 139 cm³/mol. The van der Waals surface area contributed by atoms with E-state index in [0.29, 0.717) is 10.7 Å². The zero-order valence-corrected chi connectivity index (χ0v) is 20.6. The molecule has 7 heteroatoms. The molecule has 1 N–H and O–H groups in total. The molecule has 0 saturated heterocycles. The molecule has 1 aliphatic heterocycles. The maximum atomic E-state index is 12.6. The number of para-hydroxylation sites is 1. The second kappa shape index (κ2) is 11.2. The molecule has 0 radical (unpaired) electrons. The van der Waals surface area contributed by atoms with Crippen LogP contribution in [0.25, 0.3) is 0 Å². The fraction of sp³-hybridized carbons (Fsp3) is 0.423. The molecule has 0 aromatic heterocycles. The molecule has 5 nitrogen and oxygen atoms in total. The molecule has 0 unspecified atom stereocenters. The fourth-order valence-corrected chi connectivity index (χ4v) is 5.14. The number of hydrogen-bond acceptors (Lipinski definition) is 5. The number of nitrogens with one attached hydrogen (secondary N) is 1. The van der Waals surface area contributed by atoms with Gasteiger partial charge in [-0.1, -0.05) is 55.3 Å². The number of halogens is 1. The molecule has 1 amide bonds. The smallest absolute Gasteiger partial charge is 0.234 e. The lowest BCUT2D eigenvalue weighted by Gasteiger charge is -2.27. The molecule has 1 spiro atoms. The van der Waals surface area contributed by atoms with E-state index in [1.807, 2.05) is 36.4 Å². The zero-order chi connectivity index (χ0) is 23.1. The molecule has 0 bridgehead atoms. The molecule has 2 aromatic carbocycles. The highest BCUT2D eigenvalue weighted by molar-refractivity contribution is 8.16. The topological polar surface area (TPSA) is 63.1 Å². The normalized spacial score (nSPS) is 16.9. The van der Waals surface area contributed by atoms with E-state index in [9.17, 15) is 4.79 Å². The molecule has 0 atom stereocenters. The van der Waals surface area contributed by atoms with Crippen molar-refractivity contribution in [1.29, 1.82) is 0 Å². The highest BCUT2D eigenvalue weighted by atomic mass is 35.5. The summed E-state index contributed by atoms with van der Waals surface area (Å²) in [5.74, 6) is 1.00. The minimum atomic E-state index is -0.370. The number of nitrogens with zero attached hydrogens (tertiary/aromatic N) is 2. The highest BCUT2D eigenvalue weighted by Gasteiger charge is 2.37.